The summed E-state index contributed by atoms with van der Waals surface area (Å²) in [5.41, 5.74) is 0.100. The van der Waals surface area contributed by atoms with E-state index in [1.165, 1.54) is 55.5 Å². The van der Waals surface area contributed by atoms with Crippen molar-refractivity contribution in [2.24, 2.45) is 0 Å². The number of rotatable bonds is 9. The van der Waals surface area contributed by atoms with Crippen molar-refractivity contribution in [2.45, 2.75) is 35.9 Å². The van der Waals surface area contributed by atoms with E-state index >= 15 is 4.79 Å². The Hall–Kier alpha value is -4.48. The van der Waals surface area contributed by atoms with Crippen LogP contribution in [0.2, 0.25) is 0 Å². The number of morpholine rings is 1. The van der Waals surface area contributed by atoms with Gasteiger partial charge in [-0.15, -0.1) is 0 Å². The van der Waals surface area contributed by atoms with Crippen LogP contribution in [-0.4, -0.2) is 102 Å². The Balaban J connectivity index is 1.64. The fourth-order valence-corrected chi connectivity index (χ4v) is 8.56. The number of anilines is 1. The second-order valence-corrected chi connectivity index (χ2v) is 14.1. The lowest BCUT2D eigenvalue weighted by Gasteiger charge is -2.42. The minimum atomic E-state index is -4.50. The van der Waals surface area contributed by atoms with Crippen LogP contribution < -0.4 is 13.8 Å². The van der Waals surface area contributed by atoms with Crippen molar-refractivity contribution in [1.82, 2.24) is 14.7 Å². The van der Waals surface area contributed by atoms with E-state index < -0.39 is 27.5 Å². The molecule has 13 heteroatoms. The maximum absolute atomic E-state index is 15.5. The molecule has 1 unspecified atom stereocenters. The number of hydrogen-bond acceptors (Lipinski definition) is 10. The molecule has 0 spiro atoms. The van der Waals surface area contributed by atoms with E-state index in [9.17, 15) is 18.5 Å². The topological polar surface area (TPSA) is 133 Å². The second-order valence-electron chi connectivity index (χ2n) is 12.3. The molecule has 0 bridgehead atoms. The number of nitriles is 1. The van der Waals surface area contributed by atoms with E-state index in [2.05, 4.69) is 11.0 Å². The number of fused-ring (bicyclic) bond motifs is 1. The molecule has 2 saturated heterocycles. The Morgan fingerprint density at radius 1 is 1.00 bits per heavy atom. The van der Waals surface area contributed by atoms with Gasteiger partial charge < -0.3 is 19.1 Å². The number of likely N-dealkylation sites (N-methyl/N-ethyl adjacent to an activating group) is 1. The van der Waals surface area contributed by atoms with Crippen molar-refractivity contribution < 1.29 is 32.2 Å². The second kappa shape index (κ2) is 13.2. The van der Waals surface area contributed by atoms with Gasteiger partial charge in [0.1, 0.15) is 11.5 Å². The SMILES string of the molecule is COc1ccc(S(=O)(=O)N2C(=O)C(c3cc(CN4CCOCC4)ccc3OC)(N3CCC[C@H]3C(=O)N(C)C)c3cc(C#N)ccc32)cc1. The fraction of sp³-hybridized carbons (Fsp3) is 0.400. The number of amides is 2. The predicted molar refractivity (Wildman–Crippen MR) is 177 cm³/mol. The highest BCUT2D eigenvalue weighted by molar-refractivity contribution is 7.93. The van der Waals surface area contributed by atoms with Crippen LogP contribution in [0.5, 0.6) is 11.5 Å². The molecule has 3 aliphatic rings. The monoisotopic (exact) mass is 673 g/mol. The molecule has 0 aliphatic carbocycles. The Morgan fingerprint density at radius 3 is 2.38 bits per heavy atom. The Labute approximate surface area is 281 Å². The first kappa shape index (κ1) is 33.4. The minimum Gasteiger partial charge on any atom is -0.497 e. The summed E-state index contributed by atoms with van der Waals surface area (Å²) in [6.07, 6.45) is 1.05. The summed E-state index contributed by atoms with van der Waals surface area (Å²) in [7, 11) is 1.80. The van der Waals surface area contributed by atoms with Gasteiger partial charge in [0.2, 0.25) is 5.91 Å². The Kier molecular flexibility index (Phi) is 9.19. The highest BCUT2D eigenvalue weighted by atomic mass is 32.2. The predicted octanol–water partition coefficient (Wildman–Crippen LogP) is 2.94. The molecule has 0 N–H and O–H groups in total. The van der Waals surface area contributed by atoms with Crippen molar-refractivity contribution in [2.75, 3.05) is 65.5 Å². The Bertz CT molecular complexity index is 1870. The summed E-state index contributed by atoms with van der Waals surface area (Å²) in [6.45, 7) is 3.56. The van der Waals surface area contributed by atoms with Gasteiger partial charge >= 0.3 is 0 Å². The largest absolute Gasteiger partial charge is 0.497 e. The molecule has 2 atom stereocenters. The van der Waals surface area contributed by atoms with Gasteiger partial charge in [0.15, 0.2) is 5.54 Å². The van der Waals surface area contributed by atoms with Gasteiger partial charge in [0.05, 0.1) is 55.7 Å². The van der Waals surface area contributed by atoms with Gasteiger partial charge in [-0.1, -0.05) is 6.07 Å². The van der Waals surface area contributed by atoms with Crippen LogP contribution in [0, 0.1) is 11.3 Å². The number of carbonyl (C=O) groups is 2. The molecule has 0 saturated carbocycles. The van der Waals surface area contributed by atoms with Gasteiger partial charge in [0, 0.05) is 51.4 Å². The van der Waals surface area contributed by atoms with Gasteiger partial charge in [-0.3, -0.25) is 19.4 Å². The highest BCUT2D eigenvalue weighted by Gasteiger charge is 2.63. The lowest BCUT2D eigenvalue weighted by atomic mass is 9.79. The summed E-state index contributed by atoms with van der Waals surface area (Å²) < 4.78 is 46.7. The molecule has 2 fully saturated rings. The molecule has 252 valence electrons. The van der Waals surface area contributed by atoms with Gasteiger partial charge in [-0.25, -0.2) is 12.7 Å². The zero-order chi connectivity index (χ0) is 34.2. The summed E-state index contributed by atoms with van der Waals surface area (Å²) in [5.74, 6) is -0.172. The van der Waals surface area contributed by atoms with Crippen LogP contribution in [0.4, 0.5) is 5.69 Å². The van der Waals surface area contributed by atoms with Crippen molar-refractivity contribution in [3.8, 4) is 17.6 Å². The van der Waals surface area contributed by atoms with E-state index in [1.54, 1.807) is 26.2 Å². The number of benzene rings is 3. The smallest absolute Gasteiger partial charge is 0.271 e. The molecule has 48 heavy (non-hydrogen) atoms. The number of sulfonamides is 1. The number of hydrogen-bond donors (Lipinski definition) is 0. The lowest BCUT2D eigenvalue weighted by Crippen LogP contribution is -2.59. The van der Waals surface area contributed by atoms with Crippen LogP contribution in [0.3, 0.4) is 0 Å². The number of carbonyl (C=O) groups excluding carboxylic acids is 2. The van der Waals surface area contributed by atoms with Crippen molar-refractivity contribution in [3.63, 3.8) is 0 Å². The van der Waals surface area contributed by atoms with Crippen LogP contribution in [0.1, 0.15) is 35.1 Å². The third-order valence-electron chi connectivity index (χ3n) is 9.40. The number of likely N-dealkylation sites (tertiary alicyclic amines) is 1. The molecule has 0 aromatic heterocycles. The number of nitrogens with zero attached hydrogens (tertiary/aromatic N) is 5. The third kappa shape index (κ3) is 5.48. The molecule has 2 amide bonds. The molecule has 3 heterocycles. The molecular weight excluding hydrogens is 634 g/mol. The third-order valence-corrected chi connectivity index (χ3v) is 11.1. The summed E-state index contributed by atoms with van der Waals surface area (Å²) in [4.78, 5) is 34.7. The van der Waals surface area contributed by atoms with Crippen LogP contribution in [-0.2, 0) is 36.4 Å². The molecular formula is C35H39N5O7S. The molecule has 3 aromatic carbocycles. The zero-order valence-corrected chi connectivity index (χ0v) is 28.3. The highest BCUT2D eigenvalue weighted by Crippen LogP contribution is 2.54. The average Bonchev–Trinajstić information content (AvgIpc) is 3.69. The fourth-order valence-electron chi connectivity index (χ4n) is 7.10. The Morgan fingerprint density at radius 2 is 1.73 bits per heavy atom. The van der Waals surface area contributed by atoms with Gasteiger partial charge in [0.25, 0.3) is 15.9 Å². The van der Waals surface area contributed by atoms with E-state index in [1.807, 2.05) is 17.0 Å². The van der Waals surface area contributed by atoms with Crippen molar-refractivity contribution >= 4 is 27.5 Å². The minimum absolute atomic E-state index is 0.110. The number of methoxy groups -OCH3 is 2. The standard InChI is InChI=1S/C35H39N5O7S/c1-37(2)33(41)31-6-5-15-39(31)35(29-21-25(8-14-32(29)46-4)23-38-16-18-47-19-17-38)28-20-24(22-36)7-13-30(28)40(34(35)42)48(43,44)27-11-9-26(45-3)10-12-27/h7-14,20-21,31H,5-6,15-19,23H2,1-4H3/t31-,35?/m0/s1. The van der Waals surface area contributed by atoms with Gasteiger partial charge in [-0.2, -0.15) is 5.26 Å². The van der Waals surface area contributed by atoms with Crippen molar-refractivity contribution in [3.05, 3.63) is 82.9 Å². The lowest BCUT2D eigenvalue weighted by molar-refractivity contribution is -0.138. The van der Waals surface area contributed by atoms with E-state index in [0.717, 1.165) is 23.0 Å². The summed E-state index contributed by atoms with van der Waals surface area (Å²) in [5, 5.41) is 10.0. The van der Waals surface area contributed by atoms with Crippen LogP contribution in [0.25, 0.3) is 0 Å². The van der Waals surface area contributed by atoms with Crippen LogP contribution in [0.15, 0.2) is 65.6 Å². The van der Waals surface area contributed by atoms with E-state index in [-0.39, 0.29) is 22.1 Å². The molecule has 12 nitrogen and oxygen atoms in total. The molecule has 6 rings (SSSR count). The first-order valence-electron chi connectivity index (χ1n) is 15.8. The summed E-state index contributed by atoms with van der Waals surface area (Å²) >= 11 is 0. The van der Waals surface area contributed by atoms with Crippen LogP contribution >= 0.6 is 0 Å². The van der Waals surface area contributed by atoms with E-state index in [4.69, 9.17) is 14.2 Å². The maximum atomic E-state index is 15.5. The quantitative estimate of drug-likeness (QED) is 0.334. The maximum Gasteiger partial charge on any atom is 0.271 e. The average molecular weight is 674 g/mol. The first-order chi connectivity index (χ1) is 23.1. The molecule has 0 radical (unpaired) electrons. The normalized spacial score (nSPS) is 21.5. The van der Waals surface area contributed by atoms with Crippen molar-refractivity contribution in [1.29, 1.82) is 5.26 Å². The number of ether oxygens (including phenoxy) is 3. The molecule has 3 aliphatic heterocycles. The van der Waals surface area contributed by atoms with E-state index in [0.29, 0.717) is 61.8 Å². The zero-order valence-electron chi connectivity index (χ0n) is 27.5. The summed E-state index contributed by atoms with van der Waals surface area (Å²) in [6, 6.07) is 17.4. The molecule has 3 aromatic rings. The first-order valence-corrected chi connectivity index (χ1v) is 17.3. The van der Waals surface area contributed by atoms with Gasteiger partial charge in [-0.05, 0) is 73.0 Å².